The van der Waals surface area contributed by atoms with Crippen molar-refractivity contribution < 1.29 is 24.0 Å². The fourth-order valence-electron chi connectivity index (χ4n) is 6.56. The fourth-order valence-corrected chi connectivity index (χ4v) is 7.31. The number of aromatic nitrogens is 5. The Bertz CT molecular complexity index is 1780. The average Bonchev–Trinajstić information content (AvgIpc) is 3.68. The Morgan fingerprint density at radius 2 is 1.98 bits per heavy atom. The maximum Gasteiger partial charge on any atom is 0.491 e. The van der Waals surface area contributed by atoms with Gasteiger partial charge in [-0.2, -0.15) is 10.4 Å². The van der Waals surface area contributed by atoms with Crippen LogP contribution in [0.3, 0.4) is 0 Å². The van der Waals surface area contributed by atoms with Gasteiger partial charge in [0.15, 0.2) is 0 Å². The van der Waals surface area contributed by atoms with Gasteiger partial charge >= 0.3 is 7.12 Å². The van der Waals surface area contributed by atoms with E-state index < -0.39 is 21.0 Å². The molecule has 0 aliphatic carbocycles. The minimum absolute atomic E-state index is 0.00800. The van der Waals surface area contributed by atoms with Crippen molar-refractivity contribution in [3.63, 3.8) is 0 Å². The van der Waals surface area contributed by atoms with Crippen molar-refractivity contribution in [2.24, 2.45) is 0 Å². The normalized spacial score (nSPS) is 19.1. The van der Waals surface area contributed by atoms with Gasteiger partial charge in [-0.25, -0.2) is 14.4 Å². The predicted molar refractivity (Wildman–Crippen MR) is 178 cm³/mol. The topological polar surface area (TPSA) is 146 Å². The number of rotatable bonds is 11. The number of amides is 1. The van der Waals surface area contributed by atoms with Crippen LogP contribution in [0.4, 0.5) is 4.39 Å². The first-order valence-corrected chi connectivity index (χ1v) is 19.7. The van der Waals surface area contributed by atoms with Gasteiger partial charge in [-0.05, 0) is 37.1 Å². The third kappa shape index (κ3) is 7.02. The van der Waals surface area contributed by atoms with Gasteiger partial charge in [0.25, 0.3) is 5.91 Å². The van der Waals surface area contributed by atoms with Crippen molar-refractivity contribution >= 4 is 37.6 Å². The van der Waals surface area contributed by atoms with Crippen molar-refractivity contribution in [2.75, 3.05) is 26.2 Å². The minimum atomic E-state index is -1.93. The first-order valence-electron chi connectivity index (χ1n) is 16.0. The molecule has 2 aliphatic heterocycles. The van der Waals surface area contributed by atoms with Gasteiger partial charge in [0.1, 0.15) is 24.5 Å². The molecule has 15 heteroatoms. The number of halogens is 1. The molecule has 246 valence electrons. The molecule has 12 nitrogen and oxygen atoms in total. The Morgan fingerprint density at radius 3 is 2.68 bits per heavy atom. The number of carbonyl (C=O) groups excluding carboxylic acids is 1. The Hall–Kier alpha value is -3.94. The van der Waals surface area contributed by atoms with Crippen molar-refractivity contribution in [2.45, 2.75) is 69.8 Å². The molecule has 2 aliphatic rings. The zero-order valence-electron chi connectivity index (χ0n) is 27.0. The van der Waals surface area contributed by atoms with Crippen LogP contribution in [0.5, 0.6) is 0 Å². The monoisotopic (exact) mass is 658 g/mol. The predicted octanol–water partition coefficient (Wildman–Crippen LogP) is 2.87. The van der Waals surface area contributed by atoms with Gasteiger partial charge in [-0.1, -0.05) is 25.7 Å². The highest BCUT2D eigenvalue weighted by Crippen LogP contribution is 2.37. The SMILES string of the molecule is C[Si](C)(C)CCOCn1ccc2c(-c3cnn(C4CN(C5CCN(C(=O)c6ccc(B(O)O)c(F)c6)CC5)C4CC#N)c3)ncnc21. The summed E-state index contributed by atoms with van der Waals surface area (Å²) in [4.78, 5) is 26.2. The third-order valence-corrected chi connectivity index (χ3v) is 11.0. The third-order valence-electron chi connectivity index (χ3n) is 9.31. The summed E-state index contributed by atoms with van der Waals surface area (Å²) in [6.45, 7) is 9.93. The van der Waals surface area contributed by atoms with E-state index in [2.05, 4.69) is 40.6 Å². The summed E-state index contributed by atoms with van der Waals surface area (Å²) in [5.74, 6) is -1.11. The summed E-state index contributed by atoms with van der Waals surface area (Å²) in [6, 6.07) is 9.39. The van der Waals surface area contributed by atoms with Crippen molar-refractivity contribution in [1.82, 2.24) is 34.1 Å². The Morgan fingerprint density at radius 1 is 1.19 bits per heavy atom. The fraction of sp³-hybridized carbons (Fsp3) is 0.469. The lowest BCUT2D eigenvalue weighted by molar-refractivity contribution is -0.0357. The van der Waals surface area contributed by atoms with Crippen molar-refractivity contribution in [3.05, 3.63) is 60.6 Å². The van der Waals surface area contributed by atoms with E-state index in [0.29, 0.717) is 26.2 Å². The van der Waals surface area contributed by atoms with Crippen LogP contribution in [-0.2, 0) is 11.5 Å². The van der Waals surface area contributed by atoms with Crippen LogP contribution in [0.15, 0.2) is 49.2 Å². The first kappa shape index (κ1) is 33.0. The molecule has 2 N–H and O–H groups in total. The highest BCUT2D eigenvalue weighted by molar-refractivity contribution is 6.76. The molecule has 2 saturated heterocycles. The van der Waals surface area contributed by atoms with Gasteiger partial charge < -0.3 is 24.3 Å². The number of hydrogen-bond acceptors (Lipinski definition) is 9. The van der Waals surface area contributed by atoms with E-state index in [-0.39, 0.29) is 35.1 Å². The van der Waals surface area contributed by atoms with Gasteiger partial charge in [0, 0.05) is 80.8 Å². The number of likely N-dealkylation sites (tertiary alicyclic amines) is 2. The molecule has 5 heterocycles. The van der Waals surface area contributed by atoms with E-state index in [0.717, 1.165) is 60.4 Å². The number of ether oxygens (including phenoxy) is 1. The molecule has 2 unspecified atom stereocenters. The Kier molecular flexibility index (Phi) is 9.58. The average molecular weight is 659 g/mol. The molecule has 4 aromatic rings. The van der Waals surface area contributed by atoms with Crippen LogP contribution in [0.25, 0.3) is 22.3 Å². The second kappa shape index (κ2) is 13.7. The molecule has 1 aromatic carbocycles. The van der Waals surface area contributed by atoms with Crippen LogP contribution < -0.4 is 5.46 Å². The van der Waals surface area contributed by atoms with E-state index in [1.54, 1.807) is 11.2 Å². The Labute approximate surface area is 274 Å². The van der Waals surface area contributed by atoms with Crippen LogP contribution in [0.2, 0.25) is 25.7 Å². The molecule has 1 amide bonds. The van der Waals surface area contributed by atoms with E-state index in [4.69, 9.17) is 9.84 Å². The minimum Gasteiger partial charge on any atom is -0.423 e. The number of nitrogens with zero attached hydrogens (tertiary/aromatic N) is 8. The van der Waals surface area contributed by atoms with Crippen molar-refractivity contribution in [1.29, 1.82) is 5.26 Å². The highest BCUT2D eigenvalue weighted by atomic mass is 28.3. The van der Waals surface area contributed by atoms with E-state index in [9.17, 15) is 24.5 Å². The van der Waals surface area contributed by atoms with Crippen LogP contribution in [0.1, 0.15) is 35.7 Å². The Balaban J connectivity index is 1.08. The summed E-state index contributed by atoms with van der Waals surface area (Å²) < 4.78 is 24.1. The van der Waals surface area contributed by atoms with E-state index >= 15 is 0 Å². The first-order chi connectivity index (χ1) is 22.5. The zero-order valence-corrected chi connectivity index (χ0v) is 28.0. The van der Waals surface area contributed by atoms with Gasteiger partial charge in [-0.15, -0.1) is 0 Å². The number of benzene rings is 1. The molecule has 0 spiro atoms. The van der Waals surface area contributed by atoms with Crippen LogP contribution >= 0.6 is 0 Å². The number of hydrogen-bond donors (Lipinski definition) is 2. The summed E-state index contributed by atoms with van der Waals surface area (Å²) in [5.41, 5.74) is 2.40. The lowest BCUT2D eigenvalue weighted by Gasteiger charge is -2.52. The molecule has 2 atom stereocenters. The molecule has 6 rings (SSSR count). The zero-order chi connectivity index (χ0) is 33.3. The highest BCUT2D eigenvalue weighted by Gasteiger charge is 2.45. The lowest BCUT2D eigenvalue weighted by Crippen LogP contribution is -2.62. The number of fused-ring (bicyclic) bond motifs is 1. The maximum absolute atomic E-state index is 14.3. The van der Waals surface area contributed by atoms with Crippen molar-refractivity contribution in [3.8, 4) is 17.3 Å². The molecule has 2 fully saturated rings. The molecular weight excluding hydrogens is 618 g/mol. The van der Waals surface area contributed by atoms with E-state index in [1.165, 1.54) is 12.1 Å². The summed E-state index contributed by atoms with van der Waals surface area (Å²) in [7, 11) is -3.10. The number of carbonyl (C=O) groups is 1. The smallest absolute Gasteiger partial charge is 0.423 e. The van der Waals surface area contributed by atoms with Crippen LogP contribution in [0, 0.1) is 17.1 Å². The lowest BCUT2D eigenvalue weighted by atomic mass is 9.79. The summed E-state index contributed by atoms with van der Waals surface area (Å²) in [5, 5.41) is 33.8. The molecule has 47 heavy (non-hydrogen) atoms. The van der Waals surface area contributed by atoms with Gasteiger partial charge in [0.05, 0.1) is 30.4 Å². The molecule has 0 bridgehead atoms. The second-order valence-corrected chi connectivity index (χ2v) is 19.3. The largest absolute Gasteiger partial charge is 0.491 e. The standard InChI is InChI=1S/C32H40BFN8O4Si/c1-47(2,3)15-14-46-21-40-13-9-25-30(36-20-37-31(25)40)23-17-38-42(18-23)29-19-41(28(29)6-10-35)24-7-11-39(12-8-24)32(43)22-4-5-26(33(44)45)27(34)16-22/h4-5,9,13,16-18,20,24,28-29,44-45H,6-8,11-12,14-15,19,21H2,1-3H3. The van der Waals surface area contributed by atoms with E-state index in [1.807, 2.05) is 33.9 Å². The molecule has 0 saturated carbocycles. The summed E-state index contributed by atoms with van der Waals surface area (Å²) in [6.07, 6.45) is 9.19. The van der Waals surface area contributed by atoms with Crippen LogP contribution in [-0.4, -0.2) is 104 Å². The van der Waals surface area contributed by atoms with Gasteiger partial charge in [0.2, 0.25) is 0 Å². The molecule has 0 radical (unpaired) electrons. The quantitative estimate of drug-likeness (QED) is 0.184. The summed E-state index contributed by atoms with van der Waals surface area (Å²) >= 11 is 0. The molecule has 3 aromatic heterocycles. The molecular formula is C32H40BFN8O4Si. The number of nitriles is 1. The number of piperidine rings is 1. The maximum atomic E-state index is 14.3. The second-order valence-electron chi connectivity index (χ2n) is 13.6. The van der Waals surface area contributed by atoms with Gasteiger partial charge in [-0.3, -0.25) is 14.4 Å².